The van der Waals surface area contributed by atoms with Gasteiger partial charge in [0.1, 0.15) is 12.4 Å². The molecule has 144 valence electrons. The summed E-state index contributed by atoms with van der Waals surface area (Å²) in [5.74, 6) is 1.89. The van der Waals surface area contributed by atoms with Crippen LogP contribution in [-0.4, -0.2) is 28.4 Å². The van der Waals surface area contributed by atoms with E-state index in [1.165, 1.54) is 0 Å². The van der Waals surface area contributed by atoms with Crippen LogP contribution >= 0.6 is 0 Å². The third-order valence-corrected chi connectivity index (χ3v) is 5.76. The topological polar surface area (TPSA) is 73.9 Å². The van der Waals surface area contributed by atoms with Gasteiger partial charge in [0.15, 0.2) is 11.5 Å². The van der Waals surface area contributed by atoms with Gasteiger partial charge >= 0.3 is 0 Å². The number of rotatable bonds is 7. The van der Waals surface area contributed by atoms with Crippen molar-refractivity contribution in [3.63, 3.8) is 0 Å². The molecule has 0 saturated heterocycles. The first-order valence-electron chi connectivity index (χ1n) is 8.79. The smallest absolute Gasteiger partial charge is 0.240 e. The normalized spacial score (nSPS) is 12.7. The van der Waals surface area contributed by atoms with Gasteiger partial charge in [0.2, 0.25) is 16.8 Å². The van der Waals surface area contributed by atoms with E-state index >= 15 is 0 Å². The van der Waals surface area contributed by atoms with Gasteiger partial charge in [-0.05, 0) is 35.4 Å². The van der Waals surface area contributed by atoms with Crippen molar-refractivity contribution in [2.75, 3.05) is 19.9 Å². The van der Waals surface area contributed by atoms with Crippen LogP contribution in [0.15, 0.2) is 77.7 Å². The van der Waals surface area contributed by atoms with Crippen LogP contribution < -0.4 is 18.9 Å². The highest BCUT2D eigenvalue weighted by Crippen LogP contribution is 2.35. The monoisotopic (exact) mass is 397 g/mol. The molecule has 0 atom stereocenters. The fraction of sp³-hybridized carbons (Fsp3) is 0.143. The highest BCUT2D eigenvalue weighted by Gasteiger charge is 2.15. The van der Waals surface area contributed by atoms with Gasteiger partial charge < -0.3 is 14.2 Å². The molecule has 7 heteroatoms. The van der Waals surface area contributed by atoms with Gasteiger partial charge in [0.25, 0.3) is 0 Å². The minimum absolute atomic E-state index is 0.150. The third kappa shape index (κ3) is 4.11. The Bertz CT molecular complexity index is 1050. The van der Waals surface area contributed by atoms with Gasteiger partial charge in [-0.15, -0.1) is 0 Å². The molecule has 3 aromatic rings. The number of hydrogen-bond acceptors (Lipinski definition) is 5. The lowest BCUT2D eigenvalue weighted by Crippen LogP contribution is -2.28. The second-order valence-corrected chi connectivity index (χ2v) is 7.92. The maximum absolute atomic E-state index is 12.4. The molecule has 0 fully saturated rings. The van der Waals surface area contributed by atoms with Crippen molar-refractivity contribution in [1.82, 2.24) is 4.72 Å². The Morgan fingerprint density at radius 1 is 0.857 bits per heavy atom. The molecule has 0 amide bonds. The Morgan fingerprint density at radius 3 is 2.36 bits per heavy atom. The van der Waals surface area contributed by atoms with E-state index in [1.54, 1.807) is 42.5 Å². The summed E-state index contributed by atoms with van der Waals surface area (Å²) in [6, 6.07) is 21.8. The van der Waals surface area contributed by atoms with Gasteiger partial charge in [-0.1, -0.05) is 42.5 Å². The molecule has 0 spiro atoms. The van der Waals surface area contributed by atoms with Crippen LogP contribution in [0.4, 0.5) is 0 Å². The zero-order chi connectivity index (χ0) is 19.4. The molecule has 28 heavy (non-hydrogen) atoms. The van der Waals surface area contributed by atoms with Gasteiger partial charge in [-0.25, -0.2) is 13.1 Å². The van der Waals surface area contributed by atoms with E-state index < -0.39 is 10.0 Å². The Kier molecular flexibility index (Phi) is 5.18. The molecular weight excluding hydrogens is 378 g/mol. The van der Waals surface area contributed by atoms with Gasteiger partial charge in [-0.2, -0.15) is 0 Å². The molecule has 0 aliphatic carbocycles. The maximum atomic E-state index is 12.4. The molecule has 0 bridgehead atoms. The molecule has 6 nitrogen and oxygen atoms in total. The van der Waals surface area contributed by atoms with Crippen LogP contribution in [0.1, 0.15) is 0 Å². The minimum Gasteiger partial charge on any atom is -0.492 e. The van der Waals surface area contributed by atoms with E-state index in [2.05, 4.69) is 4.72 Å². The third-order valence-electron chi connectivity index (χ3n) is 4.28. The van der Waals surface area contributed by atoms with Crippen LogP contribution in [0, 0.1) is 0 Å². The van der Waals surface area contributed by atoms with Crippen molar-refractivity contribution in [2.24, 2.45) is 0 Å². The summed E-state index contributed by atoms with van der Waals surface area (Å²) in [6.07, 6.45) is 0. The van der Waals surface area contributed by atoms with Crippen LogP contribution in [-0.2, 0) is 10.0 Å². The Labute approximate surface area is 163 Å². The summed E-state index contributed by atoms with van der Waals surface area (Å²) in [7, 11) is -3.60. The van der Waals surface area contributed by atoms with Crippen LogP contribution in [0.2, 0.25) is 0 Å². The van der Waals surface area contributed by atoms with Crippen molar-refractivity contribution < 1.29 is 22.6 Å². The fourth-order valence-corrected chi connectivity index (χ4v) is 3.87. The van der Waals surface area contributed by atoms with E-state index in [0.29, 0.717) is 17.2 Å². The van der Waals surface area contributed by atoms with Crippen molar-refractivity contribution >= 4 is 10.0 Å². The predicted molar refractivity (Wildman–Crippen MR) is 105 cm³/mol. The molecule has 0 aromatic heterocycles. The van der Waals surface area contributed by atoms with Gasteiger partial charge in [0.05, 0.1) is 4.90 Å². The van der Waals surface area contributed by atoms with E-state index in [0.717, 1.165) is 11.1 Å². The van der Waals surface area contributed by atoms with Crippen LogP contribution in [0.3, 0.4) is 0 Å². The summed E-state index contributed by atoms with van der Waals surface area (Å²) in [5, 5.41) is 0. The quantitative estimate of drug-likeness (QED) is 0.618. The summed E-state index contributed by atoms with van der Waals surface area (Å²) in [4.78, 5) is 0.218. The number of hydrogen-bond donors (Lipinski definition) is 1. The molecule has 4 rings (SSSR count). The van der Waals surface area contributed by atoms with Crippen molar-refractivity contribution in [1.29, 1.82) is 0 Å². The highest BCUT2D eigenvalue weighted by molar-refractivity contribution is 7.89. The Balaban J connectivity index is 1.33. The van der Waals surface area contributed by atoms with Gasteiger partial charge in [-0.3, -0.25) is 0 Å². The molecule has 1 heterocycles. The molecule has 1 aliphatic rings. The van der Waals surface area contributed by atoms with Crippen molar-refractivity contribution in [2.45, 2.75) is 4.90 Å². The predicted octanol–water partition coefficient (Wildman–Crippen LogP) is 3.44. The molecule has 0 radical (unpaired) electrons. The summed E-state index contributed by atoms with van der Waals surface area (Å²) < 4.78 is 43.5. The Morgan fingerprint density at radius 2 is 1.57 bits per heavy atom. The lowest BCUT2D eigenvalue weighted by molar-refractivity contribution is 0.173. The summed E-state index contributed by atoms with van der Waals surface area (Å²) >= 11 is 0. The SMILES string of the molecule is O=S(=O)(NCCOc1ccc2c(c1)OCO2)c1ccc(-c2ccccc2)cc1. The van der Waals surface area contributed by atoms with Crippen molar-refractivity contribution in [3.05, 3.63) is 72.8 Å². The maximum Gasteiger partial charge on any atom is 0.240 e. The van der Waals surface area contributed by atoms with Crippen LogP contribution in [0.5, 0.6) is 17.2 Å². The van der Waals surface area contributed by atoms with E-state index in [-0.39, 0.29) is 24.8 Å². The van der Waals surface area contributed by atoms with Gasteiger partial charge in [0, 0.05) is 12.6 Å². The largest absolute Gasteiger partial charge is 0.492 e. The van der Waals surface area contributed by atoms with E-state index in [9.17, 15) is 8.42 Å². The first-order chi connectivity index (χ1) is 13.6. The molecule has 1 aliphatic heterocycles. The van der Waals surface area contributed by atoms with E-state index in [4.69, 9.17) is 14.2 Å². The summed E-state index contributed by atoms with van der Waals surface area (Å²) in [6.45, 7) is 0.542. The highest BCUT2D eigenvalue weighted by atomic mass is 32.2. The molecule has 1 N–H and O–H groups in total. The molecule has 3 aromatic carbocycles. The molecule has 0 unspecified atom stereocenters. The van der Waals surface area contributed by atoms with E-state index in [1.807, 2.05) is 30.3 Å². The fourth-order valence-electron chi connectivity index (χ4n) is 2.85. The zero-order valence-electron chi connectivity index (χ0n) is 15.0. The van der Waals surface area contributed by atoms with Crippen LogP contribution in [0.25, 0.3) is 11.1 Å². The summed E-state index contributed by atoms with van der Waals surface area (Å²) in [5.41, 5.74) is 2.00. The minimum atomic E-state index is -3.60. The molecular formula is C21H19NO5S. The number of fused-ring (bicyclic) bond motifs is 1. The second kappa shape index (κ2) is 7.92. The number of benzene rings is 3. The lowest BCUT2D eigenvalue weighted by atomic mass is 10.1. The Hall–Kier alpha value is -3.03. The average Bonchev–Trinajstić information content (AvgIpc) is 3.20. The molecule has 0 saturated carbocycles. The number of nitrogens with one attached hydrogen (secondary N) is 1. The lowest BCUT2D eigenvalue weighted by Gasteiger charge is -2.10. The second-order valence-electron chi connectivity index (χ2n) is 6.15. The standard InChI is InChI=1S/C21H19NO5S/c23-28(24,19-9-6-17(7-10-19)16-4-2-1-3-5-16)22-12-13-25-18-8-11-20-21(14-18)27-15-26-20/h1-11,14,22H,12-13,15H2. The average molecular weight is 397 g/mol. The van der Waals surface area contributed by atoms with Crippen molar-refractivity contribution in [3.8, 4) is 28.4 Å². The number of ether oxygens (including phenoxy) is 3. The first kappa shape index (κ1) is 18.3. The first-order valence-corrected chi connectivity index (χ1v) is 10.3. The number of sulfonamides is 1. The zero-order valence-corrected chi connectivity index (χ0v) is 15.8.